The Morgan fingerprint density at radius 3 is 3.00 bits per heavy atom. The van der Waals surface area contributed by atoms with Crippen molar-refractivity contribution in [2.45, 2.75) is 50.2 Å². The Morgan fingerprint density at radius 1 is 1.47 bits per heavy atom. The molecule has 1 unspecified atom stereocenters. The summed E-state index contributed by atoms with van der Waals surface area (Å²) in [6, 6.07) is 0.547. The van der Waals surface area contributed by atoms with Crippen molar-refractivity contribution in [2.75, 3.05) is 11.9 Å². The summed E-state index contributed by atoms with van der Waals surface area (Å²) >= 11 is 0. The zero-order valence-corrected chi connectivity index (χ0v) is 10.5. The summed E-state index contributed by atoms with van der Waals surface area (Å²) in [5.41, 5.74) is 1.32. The van der Waals surface area contributed by atoms with E-state index in [9.17, 15) is 0 Å². The molecule has 2 fully saturated rings. The summed E-state index contributed by atoms with van der Waals surface area (Å²) in [6.07, 6.45) is 11.4. The fourth-order valence-corrected chi connectivity index (χ4v) is 3.25. The van der Waals surface area contributed by atoms with Crippen LogP contribution >= 0.6 is 0 Å². The third-order valence-corrected chi connectivity index (χ3v) is 4.08. The number of nitrogens with zero attached hydrogens (tertiary/aromatic N) is 2. The van der Waals surface area contributed by atoms with Gasteiger partial charge in [0.05, 0.1) is 17.5 Å². The van der Waals surface area contributed by atoms with Crippen LogP contribution in [0.1, 0.15) is 38.5 Å². The summed E-state index contributed by atoms with van der Waals surface area (Å²) in [6.45, 7) is 0.901. The maximum absolute atomic E-state index is 6.04. The van der Waals surface area contributed by atoms with Crippen molar-refractivity contribution in [1.82, 2.24) is 9.78 Å². The molecule has 1 aromatic rings. The van der Waals surface area contributed by atoms with Crippen LogP contribution in [0.4, 0.5) is 5.69 Å². The summed E-state index contributed by atoms with van der Waals surface area (Å²) in [4.78, 5) is 0. The van der Waals surface area contributed by atoms with E-state index in [-0.39, 0.29) is 5.60 Å². The third-order valence-electron chi connectivity index (χ3n) is 4.08. The molecular weight excluding hydrogens is 214 g/mol. The van der Waals surface area contributed by atoms with Crippen LogP contribution in [0.2, 0.25) is 0 Å². The van der Waals surface area contributed by atoms with Crippen LogP contribution < -0.4 is 5.32 Å². The van der Waals surface area contributed by atoms with E-state index in [1.54, 1.807) is 0 Å². The Morgan fingerprint density at radius 2 is 2.29 bits per heavy atom. The normalized spacial score (nSPS) is 27.5. The highest BCUT2D eigenvalue weighted by Gasteiger charge is 2.39. The number of anilines is 1. The molecule has 1 aliphatic carbocycles. The molecule has 1 aromatic heterocycles. The summed E-state index contributed by atoms with van der Waals surface area (Å²) in [7, 11) is 1.95. The van der Waals surface area contributed by atoms with E-state index >= 15 is 0 Å². The predicted octanol–water partition coefficient (Wildman–Crippen LogP) is 2.32. The highest BCUT2D eigenvalue weighted by atomic mass is 16.5. The van der Waals surface area contributed by atoms with Gasteiger partial charge in [0.15, 0.2) is 0 Å². The lowest BCUT2D eigenvalue weighted by Crippen LogP contribution is -2.42. The van der Waals surface area contributed by atoms with Gasteiger partial charge in [-0.3, -0.25) is 4.68 Å². The van der Waals surface area contributed by atoms with Crippen molar-refractivity contribution in [2.24, 2.45) is 7.05 Å². The number of nitrogens with one attached hydrogen (secondary N) is 1. The molecule has 94 valence electrons. The van der Waals surface area contributed by atoms with Crippen molar-refractivity contribution in [3.63, 3.8) is 0 Å². The lowest BCUT2D eigenvalue weighted by atomic mass is 9.89. The fourth-order valence-electron chi connectivity index (χ4n) is 3.25. The van der Waals surface area contributed by atoms with Gasteiger partial charge in [-0.2, -0.15) is 5.10 Å². The number of aromatic nitrogens is 2. The minimum atomic E-state index is 0.193. The van der Waals surface area contributed by atoms with Crippen molar-refractivity contribution < 1.29 is 4.74 Å². The molecule has 1 atom stereocenters. The maximum Gasteiger partial charge on any atom is 0.0728 e. The van der Waals surface area contributed by atoms with Gasteiger partial charge in [0.25, 0.3) is 0 Å². The first-order valence-corrected chi connectivity index (χ1v) is 6.65. The first kappa shape index (κ1) is 11.1. The van der Waals surface area contributed by atoms with E-state index in [1.807, 2.05) is 24.1 Å². The molecule has 0 bridgehead atoms. The quantitative estimate of drug-likeness (QED) is 0.855. The van der Waals surface area contributed by atoms with Gasteiger partial charge in [-0.15, -0.1) is 0 Å². The third kappa shape index (κ3) is 2.32. The monoisotopic (exact) mass is 235 g/mol. The molecule has 2 heterocycles. The Labute approximate surface area is 102 Å². The van der Waals surface area contributed by atoms with Crippen LogP contribution in [-0.4, -0.2) is 28.0 Å². The van der Waals surface area contributed by atoms with E-state index in [4.69, 9.17) is 4.74 Å². The van der Waals surface area contributed by atoms with Crippen LogP contribution in [0.25, 0.3) is 0 Å². The van der Waals surface area contributed by atoms with Gasteiger partial charge in [0, 0.05) is 25.9 Å². The molecule has 3 rings (SSSR count). The summed E-state index contributed by atoms with van der Waals surface area (Å²) in [5.74, 6) is 0. The molecule has 0 aromatic carbocycles. The number of hydrogen-bond acceptors (Lipinski definition) is 3. The molecule has 1 N–H and O–H groups in total. The van der Waals surface area contributed by atoms with E-state index in [1.165, 1.54) is 25.7 Å². The Balaban J connectivity index is 1.64. The highest BCUT2D eigenvalue weighted by molar-refractivity contribution is 5.39. The van der Waals surface area contributed by atoms with Crippen LogP contribution in [0.15, 0.2) is 12.4 Å². The molecule has 4 heteroatoms. The van der Waals surface area contributed by atoms with Gasteiger partial charge in [0.2, 0.25) is 0 Å². The summed E-state index contributed by atoms with van der Waals surface area (Å²) < 4.78 is 7.88. The van der Waals surface area contributed by atoms with Crippen LogP contribution in [0, 0.1) is 0 Å². The van der Waals surface area contributed by atoms with Gasteiger partial charge in [0.1, 0.15) is 0 Å². The second-order valence-corrected chi connectivity index (χ2v) is 5.48. The maximum atomic E-state index is 6.04. The Kier molecular flexibility index (Phi) is 2.82. The highest BCUT2D eigenvalue weighted by Crippen LogP contribution is 2.40. The predicted molar refractivity (Wildman–Crippen MR) is 67.0 cm³/mol. The standard InChI is InChI=1S/C13H21N3O/c1-16-10-12(9-14-16)15-11-4-7-17-13(8-11)5-2-3-6-13/h9-11,15H,2-8H2,1H3. The molecule has 2 aliphatic rings. The Bertz CT molecular complexity index is 382. The molecule has 1 saturated heterocycles. The average Bonchev–Trinajstić information content (AvgIpc) is 2.89. The number of rotatable bonds is 2. The van der Waals surface area contributed by atoms with Crippen LogP contribution in [-0.2, 0) is 11.8 Å². The lowest BCUT2D eigenvalue weighted by Gasteiger charge is -2.38. The molecule has 17 heavy (non-hydrogen) atoms. The fraction of sp³-hybridized carbons (Fsp3) is 0.769. The van der Waals surface area contributed by atoms with E-state index in [0.29, 0.717) is 6.04 Å². The number of ether oxygens (including phenoxy) is 1. The van der Waals surface area contributed by atoms with Crippen LogP contribution in [0.3, 0.4) is 0 Å². The molecule has 1 aliphatic heterocycles. The van der Waals surface area contributed by atoms with Crippen molar-refractivity contribution >= 4 is 5.69 Å². The van der Waals surface area contributed by atoms with Gasteiger partial charge in [-0.25, -0.2) is 0 Å². The number of aryl methyl sites for hydroxylation is 1. The molecule has 1 saturated carbocycles. The molecule has 4 nitrogen and oxygen atoms in total. The minimum absolute atomic E-state index is 0.193. The molecular formula is C13H21N3O. The smallest absolute Gasteiger partial charge is 0.0728 e. The van der Waals surface area contributed by atoms with Gasteiger partial charge in [-0.1, -0.05) is 12.8 Å². The van der Waals surface area contributed by atoms with Gasteiger partial charge < -0.3 is 10.1 Å². The van der Waals surface area contributed by atoms with E-state index < -0.39 is 0 Å². The van der Waals surface area contributed by atoms with E-state index in [0.717, 1.165) is 25.1 Å². The average molecular weight is 235 g/mol. The molecule has 0 amide bonds. The largest absolute Gasteiger partial charge is 0.380 e. The second-order valence-electron chi connectivity index (χ2n) is 5.48. The van der Waals surface area contributed by atoms with Crippen LogP contribution in [0.5, 0.6) is 0 Å². The van der Waals surface area contributed by atoms with Crippen molar-refractivity contribution in [3.05, 3.63) is 12.4 Å². The first-order valence-electron chi connectivity index (χ1n) is 6.65. The zero-order valence-electron chi connectivity index (χ0n) is 10.5. The zero-order chi connectivity index (χ0) is 11.7. The summed E-state index contributed by atoms with van der Waals surface area (Å²) in [5, 5.41) is 7.78. The second kappa shape index (κ2) is 4.33. The SMILES string of the molecule is Cn1cc(NC2CCOC3(CCCC3)C2)cn1. The molecule has 0 radical (unpaired) electrons. The van der Waals surface area contributed by atoms with Gasteiger partial charge in [-0.05, 0) is 25.7 Å². The Hall–Kier alpha value is -1.03. The lowest BCUT2D eigenvalue weighted by molar-refractivity contribution is -0.0767. The minimum Gasteiger partial charge on any atom is -0.380 e. The number of hydrogen-bond donors (Lipinski definition) is 1. The van der Waals surface area contributed by atoms with Gasteiger partial charge >= 0.3 is 0 Å². The van der Waals surface area contributed by atoms with E-state index in [2.05, 4.69) is 10.4 Å². The molecule has 1 spiro atoms. The topological polar surface area (TPSA) is 39.1 Å². The van der Waals surface area contributed by atoms with Crippen molar-refractivity contribution in [1.29, 1.82) is 0 Å². The first-order chi connectivity index (χ1) is 8.26. The van der Waals surface area contributed by atoms with Crippen molar-refractivity contribution in [3.8, 4) is 0 Å².